The number of ether oxygens (including phenoxy) is 1. The van der Waals surface area contributed by atoms with Crippen LogP contribution in [-0.4, -0.2) is 17.4 Å². The maximum Gasteiger partial charge on any atom is 0.126 e. The number of benzene rings is 3. The number of nitrogens with one attached hydrogen (secondary N) is 1. The van der Waals surface area contributed by atoms with Gasteiger partial charge < -0.3 is 9.84 Å². The van der Waals surface area contributed by atoms with Gasteiger partial charge in [0.2, 0.25) is 0 Å². The molecule has 0 fully saturated rings. The zero-order valence-electron chi connectivity index (χ0n) is 13.4. The average Bonchev–Trinajstić information content (AvgIpc) is 2.63. The van der Waals surface area contributed by atoms with E-state index in [1.54, 1.807) is 19.2 Å². The number of anilines is 1. The lowest BCUT2D eigenvalue weighted by molar-refractivity contribution is 0.389. The van der Waals surface area contributed by atoms with E-state index in [-0.39, 0.29) is 0 Å². The highest BCUT2D eigenvalue weighted by atomic mass is 16.5. The first-order chi connectivity index (χ1) is 11.7. The predicted molar refractivity (Wildman–Crippen MR) is 94.8 cm³/mol. The molecule has 3 aromatic rings. The van der Waals surface area contributed by atoms with Gasteiger partial charge in [-0.15, -0.1) is 0 Å². The Bertz CT molecular complexity index is 846. The summed E-state index contributed by atoms with van der Waals surface area (Å²) >= 11 is 0. The van der Waals surface area contributed by atoms with Gasteiger partial charge in [0, 0.05) is 12.0 Å². The fraction of sp³-hybridized carbons (Fsp3) is 0.100. The van der Waals surface area contributed by atoms with Crippen LogP contribution in [0.1, 0.15) is 11.1 Å². The molecule has 0 aliphatic carbocycles. The molecule has 4 nitrogen and oxygen atoms in total. The second kappa shape index (κ2) is 7.06. The van der Waals surface area contributed by atoms with E-state index in [1.807, 2.05) is 54.6 Å². The molecule has 0 aliphatic heterocycles. The zero-order chi connectivity index (χ0) is 16.9. The van der Waals surface area contributed by atoms with Crippen molar-refractivity contribution in [3.63, 3.8) is 0 Å². The number of phenols is 1. The van der Waals surface area contributed by atoms with Crippen molar-refractivity contribution in [3.8, 4) is 22.6 Å². The predicted octanol–water partition coefficient (Wildman–Crippen LogP) is 4.46. The third kappa shape index (κ3) is 3.34. The van der Waals surface area contributed by atoms with Gasteiger partial charge in [0.25, 0.3) is 0 Å². The Morgan fingerprint density at radius 3 is 2.54 bits per heavy atom. The lowest BCUT2D eigenvalue weighted by atomic mass is 9.97. The van der Waals surface area contributed by atoms with E-state index in [1.165, 1.54) is 0 Å². The van der Waals surface area contributed by atoms with E-state index in [0.29, 0.717) is 17.9 Å². The number of hydrogen-bond donors (Lipinski definition) is 3. The molecule has 0 bridgehead atoms. The molecule has 0 aromatic heterocycles. The van der Waals surface area contributed by atoms with Gasteiger partial charge in [-0.25, -0.2) is 0 Å². The van der Waals surface area contributed by atoms with Gasteiger partial charge in [0.05, 0.1) is 12.8 Å². The summed E-state index contributed by atoms with van der Waals surface area (Å²) in [5, 5.41) is 19.1. The van der Waals surface area contributed by atoms with Crippen LogP contribution in [0.2, 0.25) is 0 Å². The topological polar surface area (TPSA) is 61.7 Å². The minimum atomic E-state index is 0.293. The molecule has 0 amide bonds. The monoisotopic (exact) mass is 321 g/mol. The van der Waals surface area contributed by atoms with Crippen LogP contribution in [0.15, 0.2) is 66.7 Å². The summed E-state index contributed by atoms with van der Waals surface area (Å²) < 4.78 is 5.47. The molecule has 0 aliphatic rings. The molecule has 0 unspecified atom stereocenters. The number of phenolic OH excluding ortho intramolecular Hbond substituents is 1. The molecule has 4 heteroatoms. The highest BCUT2D eigenvalue weighted by Gasteiger charge is 2.09. The van der Waals surface area contributed by atoms with E-state index in [0.717, 1.165) is 28.0 Å². The van der Waals surface area contributed by atoms with Crippen LogP contribution in [0.5, 0.6) is 11.5 Å². The summed E-state index contributed by atoms with van der Waals surface area (Å²) in [7, 11) is 1.63. The Kier molecular flexibility index (Phi) is 4.68. The highest BCUT2D eigenvalue weighted by molar-refractivity contribution is 5.74. The van der Waals surface area contributed by atoms with Crippen LogP contribution in [0.3, 0.4) is 0 Å². The Hall–Kier alpha value is -2.98. The lowest BCUT2D eigenvalue weighted by Gasteiger charge is -2.12. The molecule has 0 saturated carbocycles. The van der Waals surface area contributed by atoms with Gasteiger partial charge in [-0.05, 0) is 47.0 Å². The number of hydrogen-bond acceptors (Lipinski definition) is 4. The van der Waals surface area contributed by atoms with Crippen molar-refractivity contribution in [1.82, 2.24) is 0 Å². The van der Waals surface area contributed by atoms with Crippen molar-refractivity contribution in [2.45, 2.75) is 6.42 Å². The van der Waals surface area contributed by atoms with Gasteiger partial charge in [-0.1, -0.05) is 36.4 Å². The first kappa shape index (κ1) is 15.9. The molecule has 24 heavy (non-hydrogen) atoms. The summed E-state index contributed by atoms with van der Waals surface area (Å²) in [4.78, 5) is 0. The van der Waals surface area contributed by atoms with E-state index in [4.69, 9.17) is 9.94 Å². The zero-order valence-corrected chi connectivity index (χ0v) is 13.4. The van der Waals surface area contributed by atoms with Crippen molar-refractivity contribution >= 4 is 5.69 Å². The highest BCUT2D eigenvalue weighted by Crippen LogP contribution is 2.33. The second-order valence-electron chi connectivity index (χ2n) is 5.53. The van der Waals surface area contributed by atoms with Crippen LogP contribution in [0, 0.1) is 0 Å². The summed E-state index contributed by atoms with van der Waals surface area (Å²) in [5.74, 6) is 1.05. The van der Waals surface area contributed by atoms with Crippen LogP contribution in [-0.2, 0) is 6.42 Å². The van der Waals surface area contributed by atoms with Gasteiger partial charge in [-0.2, -0.15) is 0 Å². The Balaban J connectivity index is 2.00. The number of methoxy groups -OCH3 is 1. The van der Waals surface area contributed by atoms with Gasteiger partial charge in [0.15, 0.2) is 0 Å². The Morgan fingerprint density at radius 1 is 0.958 bits per heavy atom. The summed E-state index contributed by atoms with van der Waals surface area (Å²) in [6.45, 7) is 0. The fourth-order valence-electron chi connectivity index (χ4n) is 2.73. The van der Waals surface area contributed by atoms with Crippen molar-refractivity contribution in [2.24, 2.45) is 0 Å². The third-order valence-corrected chi connectivity index (χ3v) is 3.95. The Labute approximate surface area is 140 Å². The third-order valence-electron chi connectivity index (χ3n) is 3.95. The van der Waals surface area contributed by atoms with Crippen molar-refractivity contribution < 1.29 is 15.1 Å². The fourth-order valence-corrected chi connectivity index (χ4v) is 2.73. The minimum absolute atomic E-state index is 0.293. The smallest absolute Gasteiger partial charge is 0.126 e. The van der Waals surface area contributed by atoms with Crippen molar-refractivity contribution in [3.05, 3.63) is 77.9 Å². The summed E-state index contributed by atoms with van der Waals surface area (Å²) in [5.41, 5.74) is 6.58. The molecule has 0 radical (unpaired) electrons. The minimum Gasteiger partial charge on any atom is -0.508 e. The number of aromatic hydroxyl groups is 1. The quantitative estimate of drug-likeness (QED) is 0.607. The van der Waals surface area contributed by atoms with Crippen LogP contribution >= 0.6 is 0 Å². The van der Waals surface area contributed by atoms with E-state index in [9.17, 15) is 5.11 Å². The van der Waals surface area contributed by atoms with E-state index < -0.39 is 0 Å². The van der Waals surface area contributed by atoms with Gasteiger partial charge in [0.1, 0.15) is 11.5 Å². The van der Waals surface area contributed by atoms with Gasteiger partial charge >= 0.3 is 0 Å². The lowest BCUT2D eigenvalue weighted by Crippen LogP contribution is -1.94. The largest absolute Gasteiger partial charge is 0.508 e. The molecule has 0 heterocycles. The first-order valence-corrected chi connectivity index (χ1v) is 7.65. The molecule has 0 spiro atoms. The maximum absolute atomic E-state index is 9.97. The van der Waals surface area contributed by atoms with Crippen molar-refractivity contribution in [2.75, 3.05) is 12.6 Å². The number of rotatable bonds is 5. The first-order valence-electron chi connectivity index (χ1n) is 7.65. The van der Waals surface area contributed by atoms with Crippen LogP contribution in [0.25, 0.3) is 11.1 Å². The number of para-hydroxylation sites is 1. The molecule has 3 N–H and O–H groups in total. The summed E-state index contributed by atoms with van der Waals surface area (Å²) in [6.07, 6.45) is 0.627. The maximum atomic E-state index is 9.97. The molecule has 122 valence electrons. The molecule has 0 saturated heterocycles. The van der Waals surface area contributed by atoms with Crippen molar-refractivity contribution in [1.29, 1.82) is 0 Å². The Morgan fingerprint density at radius 2 is 1.79 bits per heavy atom. The van der Waals surface area contributed by atoms with Crippen LogP contribution in [0.4, 0.5) is 5.69 Å². The van der Waals surface area contributed by atoms with Crippen LogP contribution < -0.4 is 10.2 Å². The molecular formula is C20H19NO3. The average molecular weight is 321 g/mol. The van der Waals surface area contributed by atoms with E-state index in [2.05, 4.69) is 5.48 Å². The normalized spacial score (nSPS) is 10.4. The van der Waals surface area contributed by atoms with E-state index >= 15 is 0 Å². The molecular weight excluding hydrogens is 302 g/mol. The summed E-state index contributed by atoms with van der Waals surface area (Å²) in [6, 6.07) is 20.7. The molecule has 0 atom stereocenters. The molecule has 3 rings (SSSR count). The second-order valence-corrected chi connectivity index (χ2v) is 5.53. The SMILES string of the molecule is COc1ccc(Cc2ccccc2O)cc1-c1cccc(NO)c1. The molecule has 3 aromatic carbocycles. The standard InChI is InChI=1S/C20H19NO3/c1-24-20-10-9-14(11-16-5-2-3-8-19(16)22)12-18(20)15-6-4-7-17(13-15)21-23/h2-10,12-13,21-23H,11H2,1H3. The van der Waals surface area contributed by atoms with Gasteiger partial charge in [-0.3, -0.25) is 10.7 Å².